The van der Waals surface area contributed by atoms with Gasteiger partial charge in [-0.3, -0.25) is 9.59 Å². The van der Waals surface area contributed by atoms with Crippen molar-refractivity contribution in [1.82, 2.24) is 0 Å². The number of amides is 2. The van der Waals surface area contributed by atoms with Gasteiger partial charge in [-0.25, -0.2) is 9.59 Å². The minimum atomic E-state index is -0.481. The number of quaternary nitrogens is 2. The van der Waals surface area contributed by atoms with Gasteiger partial charge in [-0.05, 0) is 19.4 Å². The van der Waals surface area contributed by atoms with E-state index in [2.05, 4.69) is 18.9 Å². The second kappa shape index (κ2) is 23.0. The van der Waals surface area contributed by atoms with E-state index < -0.39 is 17.7 Å². The molecule has 10 nitrogen and oxygen atoms in total. The summed E-state index contributed by atoms with van der Waals surface area (Å²) in [6.45, 7) is 12.2. The fourth-order valence-corrected chi connectivity index (χ4v) is 1.78. The predicted molar refractivity (Wildman–Crippen MR) is 141 cm³/mol. The number of esters is 2. The number of nitrogens with two attached hydrogens (primary N) is 2. The summed E-state index contributed by atoms with van der Waals surface area (Å²) in [5, 5.41) is 0. The first-order valence-corrected chi connectivity index (χ1v) is 10.9. The maximum absolute atomic E-state index is 11.7. The van der Waals surface area contributed by atoms with Crippen molar-refractivity contribution >= 4 is 36.2 Å². The highest BCUT2D eigenvalue weighted by Gasteiger charge is 2.15. The summed E-state index contributed by atoms with van der Waals surface area (Å²) >= 11 is 0. The molecule has 0 saturated carbocycles. The molecule has 0 aromatic rings. The Bertz CT molecular complexity index is 714. The van der Waals surface area contributed by atoms with Crippen molar-refractivity contribution < 1.29 is 50.0 Å². The van der Waals surface area contributed by atoms with Crippen LogP contribution in [0.15, 0.2) is 37.0 Å². The molecule has 12 heteroatoms. The molecule has 0 rings (SSSR count). The smallest absolute Gasteiger partial charge is 0.333 e. The predicted octanol–water partition coefficient (Wildman–Crippen LogP) is -1.80. The van der Waals surface area contributed by atoms with E-state index in [1.54, 1.807) is 13.0 Å². The molecule has 0 radical (unpaired) electrons. The molecule has 0 saturated heterocycles. The number of rotatable bonds is 12. The van der Waals surface area contributed by atoms with Crippen molar-refractivity contribution in [1.29, 1.82) is 0 Å². The number of hydrogen-bond donors (Lipinski definition) is 2. The van der Waals surface area contributed by atoms with Crippen molar-refractivity contribution in [2.45, 2.75) is 20.3 Å². The number of ether oxygens (including phenoxy) is 2. The van der Waals surface area contributed by atoms with E-state index in [1.807, 2.05) is 49.2 Å². The van der Waals surface area contributed by atoms with E-state index in [-0.39, 0.29) is 36.8 Å². The third kappa shape index (κ3) is 33.8. The van der Waals surface area contributed by atoms with Crippen molar-refractivity contribution in [2.24, 2.45) is 17.4 Å². The van der Waals surface area contributed by atoms with Gasteiger partial charge in [-0.15, -0.1) is 12.4 Å². The fraction of sp³-hybridized carbons (Fsp3) is 0.583. The lowest BCUT2D eigenvalue weighted by atomic mass is 10.0. The zero-order chi connectivity index (χ0) is 27.5. The SMILES string of the molecule is C=CC(=O)OCC[N+](C)(C)C.C=CC(N)=O.CCC(C=C(C)C(=O)OCC[N+](C)(C)C)C(N)=O.Cl.[Cl-]. The van der Waals surface area contributed by atoms with Crippen LogP contribution in [0.4, 0.5) is 0 Å². The van der Waals surface area contributed by atoms with Gasteiger partial charge in [0, 0.05) is 11.6 Å². The van der Waals surface area contributed by atoms with Gasteiger partial charge >= 0.3 is 11.9 Å². The molecular formula is C24H47Cl2N4O6+. The third-order valence-electron chi connectivity index (χ3n) is 3.95. The molecule has 4 N–H and O–H groups in total. The highest BCUT2D eigenvalue weighted by Crippen LogP contribution is 2.09. The van der Waals surface area contributed by atoms with E-state index in [9.17, 15) is 19.2 Å². The Morgan fingerprint density at radius 2 is 1.25 bits per heavy atom. The molecule has 0 aliphatic rings. The molecule has 0 aliphatic heterocycles. The average molecular weight is 559 g/mol. The highest BCUT2D eigenvalue weighted by atomic mass is 35.5. The lowest BCUT2D eigenvalue weighted by Crippen LogP contribution is -3.00. The lowest BCUT2D eigenvalue weighted by molar-refractivity contribution is -0.870. The summed E-state index contributed by atoms with van der Waals surface area (Å²) in [6.07, 6.45) is 4.39. The zero-order valence-electron chi connectivity index (χ0n) is 23.0. The van der Waals surface area contributed by atoms with Crippen molar-refractivity contribution in [3.05, 3.63) is 37.0 Å². The molecule has 2 amide bonds. The van der Waals surface area contributed by atoms with Crippen LogP contribution in [0.3, 0.4) is 0 Å². The topological polar surface area (TPSA) is 139 Å². The first-order valence-electron chi connectivity index (χ1n) is 10.9. The molecule has 0 fully saturated rings. The second-order valence-corrected chi connectivity index (χ2v) is 9.41. The monoisotopic (exact) mass is 557 g/mol. The first kappa shape index (κ1) is 43.7. The van der Waals surface area contributed by atoms with E-state index >= 15 is 0 Å². The Morgan fingerprint density at radius 3 is 1.53 bits per heavy atom. The number of nitrogens with zero attached hydrogens (tertiary/aromatic N) is 2. The van der Waals surface area contributed by atoms with Gasteiger partial charge in [0.2, 0.25) is 11.8 Å². The number of hydrogen-bond acceptors (Lipinski definition) is 6. The van der Waals surface area contributed by atoms with E-state index in [0.717, 1.165) is 28.1 Å². The summed E-state index contributed by atoms with van der Waals surface area (Å²) in [4.78, 5) is 42.7. The standard InChI is InChI=1S/C13H24N2O3.C8H16NO2.C3H5NO.2ClH/c1-6-11(12(14)16)9-10(2)13(17)18-8-7-15(3,4)5;1-5-8(10)11-7-6-9(2,3)4;1-2-3(4)5;;/h9,11H,6-8H2,1-5H3,(H-,14,16);5H,1,6-7H2,2-4H3;2H,1H2,(H2,4,5);2*1H/q;+1;;;. The van der Waals surface area contributed by atoms with E-state index in [1.165, 1.54) is 6.08 Å². The lowest BCUT2D eigenvalue weighted by Gasteiger charge is -2.23. The molecule has 1 unspecified atom stereocenters. The van der Waals surface area contributed by atoms with Crippen LogP contribution in [0.1, 0.15) is 20.3 Å². The van der Waals surface area contributed by atoms with Gasteiger partial charge < -0.3 is 42.3 Å². The number of carbonyl (C=O) groups is 4. The van der Waals surface area contributed by atoms with Crippen LogP contribution in [0.5, 0.6) is 0 Å². The normalized spacial score (nSPS) is 11.3. The largest absolute Gasteiger partial charge is 1.00 e. The number of halogens is 2. The van der Waals surface area contributed by atoms with E-state index in [4.69, 9.17) is 15.2 Å². The minimum Gasteiger partial charge on any atom is -1.00 e. The van der Waals surface area contributed by atoms with Crippen LogP contribution in [0, 0.1) is 5.92 Å². The zero-order valence-corrected chi connectivity index (χ0v) is 24.6. The molecule has 1 atom stereocenters. The highest BCUT2D eigenvalue weighted by molar-refractivity contribution is 5.89. The summed E-state index contributed by atoms with van der Waals surface area (Å²) in [5.41, 5.74) is 10.2. The van der Waals surface area contributed by atoms with Crippen molar-refractivity contribution in [2.75, 3.05) is 68.6 Å². The van der Waals surface area contributed by atoms with Crippen LogP contribution in [-0.4, -0.2) is 101 Å². The van der Waals surface area contributed by atoms with Gasteiger partial charge in [0.1, 0.15) is 26.3 Å². The Labute approximate surface area is 229 Å². The van der Waals surface area contributed by atoms with Gasteiger partial charge in [0.25, 0.3) is 0 Å². The Morgan fingerprint density at radius 1 is 0.861 bits per heavy atom. The quantitative estimate of drug-likeness (QED) is 0.165. The molecule has 0 aliphatic carbocycles. The molecule has 0 aromatic heterocycles. The third-order valence-corrected chi connectivity index (χ3v) is 3.95. The van der Waals surface area contributed by atoms with Crippen molar-refractivity contribution in [3.8, 4) is 0 Å². The summed E-state index contributed by atoms with van der Waals surface area (Å²) in [5.74, 6) is -2.04. The van der Waals surface area contributed by atoms with Gasteiger partial charge in [0.15, 0.2) is 0 Å². The number of carbonyl (C=O) groups excluding carboxylic acids is 4. The Kier molecular flexibility index (Phi) is 27.9. The summed E-state index contributed by atoms with van der Waals surface area (Å²) < 4.78 is 11.5. The maximum Gasteiger partial charge on any atom is 0.333 e. The molecule has 0 spiro atoms. The minimum absolute atomic E-state index is 0. The number of primary amides is 2. The van der Waals surface area contributed by atoms with Crippen LogP contribution in [0.2, 0.25) is 0 Å². The summed E-state index contributed by atoms with van der Waals surface area (Å²) in [7, 11) is 12.2. The van der Waals surface area contributed by atoms with E-state index in [0.29, 0.717) is 25.2 Å². The number of likely N-dealkylation sites (N-methyl/N-ethyl adjacent to an activating group) is 2. The summed E-state index contributed by atoms with van der Waals surface area (Å²) in [6, 6.07) is 0. The Balaban J connectivity index is -0.000000152. The van der Waals surface area contributed by atoms with Crippen molar-refractivity contribution in [3.63, 3.8) is 0 Å². The first-order chi connectivity index (χ1) is 15.4. The second-order valence-electron chi connectivity index (χ2n) is 9.41. The molecular weight excluding hydrogens is 511 g/mol. The van der Waals surface area contributed by atoms with Gasteiger partial charge in [0.05, 0.1) is 48.2 Å². The van der Waals surface area contributed by atoms with Gasteiger partial charge in [-0.1, -0.05) is 26.2 Å². The van der Waals surface area contributed by atoms with Crippen LogP contribution >= 0.6 is 12.4 Å². The Hall–Kier alpha value is -2.40. The molecule has 36 heavy (non-hydrogen) atoms. The van der Waals surface area contributed by atoms with Crippen LogP contribution in [0.25, 0.3) is 0 Å². The van der Waals surface area contributed by atoms with Crippen LogP contribution < -0.4 is 23.9 Å². The fourth-order valence-electron chi connectivity index (χ4n) is 1.78. The maximum atomic E-state index is 11.7. The molecule has 0 aromatic carbocycles. The van der Waals surface area contributed by atoms with Gasteiger partial charge in [-0.2, -0.15) is 0 Å². The molecule has 0 bridgehead atoms. The molecule has 0 heterocycles. The average Bonchev–Trinajstić information content (AvgIpc) is 2.70. The van der Waals surface area contributed by atoms with Crippen LogP contribution in [-0.2, 0) is 28.7 Å². The molecule has 212 valence electrons.